The van der Waals surface area contributed by atoms with Crippen molar-refractivity contribution in [2.45, 2.75) is 33.2 Å². The number of carbonyl (C=O) groups is 1. The Morgan fingerprint density at radius 1 is 1.39 bits per heavy atom. The van der Waals surface area contributed by atoms with Gasteiger partial charge in [-0.25, -0.2) is 0 Å². The van der Waals surface area contributed by atoms with Gasteiger partial charge in [0.25, 0.3) is 5.91 Å². The Balaban J connectivity index is 2.80. The molecule has 18 heavy (non-hydrogen) atoms. The fraction of sp³-hybridized carbons (Fsp3) is 0.500. The van der Waals surface area contributed by atoms with E-state index in [-0.39, 0.29) is 11.9 Å². The molecule has 1 amide bonds. The molecule has 0 radical (unpaired) electrons. The molecule has 1 atom stereocenters. The summed E-state index contributed by atoms with van der Waals surface area (Å²) in [6.45, 7) is 6.07. The van der Waals surface area contributed by atoms with Crippen molar-refractivity contribution in [3.8, 4) is 0 Å². The molecular weight excluding hydrogens is 269 g/mol. The maximum absolute atomic E-state index is 12.1. The van der Waals surface area contributed by atoms with E-state index in [1.54, 1.807) is 12.1 Å². The molecule has 0 saturated carbocycles. The average Bonchev–Trinajstić information content (AvgIpc) is 2.27. The van der Waals surface area contributed by atoms with Crippen LogP contribution in [-0.2, 0) is 0 Å². The summed E-state index contributed by atoms with van der Waals surface area (Å²) in [4.78, 5) is 12.1. The first-order valence-corrected chi connectivity index (χ1v) is 7.00. The molecule has 4 heteroatoms. The molecule has 0 aliphatic heterocycles. The molecule has 0 heterocycles. The Labute approximate surface area is 119 Å². The third-order valence-corrected chi connectivity index (χ3v) is 3.44. The van der Waals surface area contributed by atoms with Crippen LogP contribution in [0, 0.1) is 12.8 Å². The normalized spacial score (nSPS) is 12.6. The zero-order valence-corrected chi connectivity index (χ0v) is 12.5. The van der Waals surface area contributed by atoms with E-state index < -0.39 is 0 Å². The SMILES string of the molecule is Cc1ccc(C(=O)NC(CCCl)C(C)C)c(Cl)c1. The van der Waals surface area contributed by atoms with Gasteiger partial charge in [0, 0.05) is 11.9 Å². The van der Waals surface area contributed by atoms with E-state index in [0.717, 1.165) is 12.0 Å². The minimum atomic E-state index is -0.135. The lowest BCUT2D eigenvalue weighted by Gasteiger charge is -2.21. The summed E-state index contributed by atoms with van der Waals surface area (Å²) in [6.07, 6.45) is 0.758. The van der Waals surface area contributed by atoms with Crippen molar-refractivity contribution in [2.24, 2.45) is 5.92 Å². The highest BCUT2D eigenvalue weighted by molar-refractivity contribution is 6.33. The lowest BCUT2D eigenvalue weighted by atomic mass is 10.0. The second-order valence-electron chi connectivity index (χ2n) is 4.78. The van der Waals surface area contributed by atoms with Crippen LogP contribution in [0.3, 0.4) is 0 Å². The molecule has 0 saturated heterocycles. The zero-order chi connectivity index (χ0) is 13.7. The Morgan fingerprint density at radius 3 is 2.56 bits per heavy atom. The van der Waals surface area contributed by atoms with Gasteiger partial charge in [0.15, 0.2) is 0 Å². The molecule has 1 aromatic carbocycles. The third-order valence-electron chi connectivity index (χ3n) is 2.91. The summed E-state index contributed by atoms with van der Waals surface area (Å²) >= 11 is 11.8. The smallest absolute Gasteiger partial charge is 0.253 e. The highest BCUT2D eigenvalue weighted by Crippen LogP contribution is 2.18. The van der Waals surface area contributed by atoms with Gasteiger partial charge < -0.3 is 5.32 Å². The fourth-order valence-corrected chi connectivity index (χ4v) is 2.30. The van der Waals surface area contributed by atoms with Crippen molar-refractivity contribution < 1.29 is 4.79 Å². The molecule has 1 aromatic rings. The van der Waals surface area contributed by atoms with Crippen molar-refractivity contribution >= 4 is 29.1 Å². The molecule has 0 aromatic heterocycles. The molecular formula is C14H19Cl2NO. The first kappa shape index (κ1) is 15.3. The first-order chi connectivity index (χ1) is 8.45. The van der Waals surface area contributed by atoms with Gasteiger partial charge in [0.1, 0.15) is 0 Å². The molecule has 1 unspecified atom stereocenters. The number of nitrogens with one attached hydrogen (secondary N) is 1. The van der Waals surface area contributed by atoms with Crippen molar-refractivity contribution in [3.63, 3.8) is 0 Å². The van der Waals surface area contributed by atoms with E-state index in [2.05, 4.69) is 19.2 Å². The Bertz CT molecular complexity index is 418. The minimum Gasteiger partial charge on any atom is -0.349 e. The molecule has 100 valence electrons. The van der Waals surface area contributed by atoms with Crippen LogP contribution >= 0.6 is 23.2 Å². The van der Waals surface area contributed by atoms with Crippen LogP contribution in [0.5, 0.6) is 0 Å². The molecule has 0 bridgehead atoms. The number of alkyl halides is 1. The summed E-state index contributed by atoms with van der Waals surface area (Å²) in [7, 11) is 0. The lowest BCUT2D eigenvalue weighted by Crippen LogP contribution is -2.39. The van der Waals surface area contributed by atoms with Crippen LogP contribution < -0.4 is 5.32 Å². The molecule has 0 spiro atoms. The number of rotatable bonds is 5. The van der Waals surface area contributed by atoms with Crippen LogP contribution in [0.4, 0.5) is 0 Å². The molecule has 0 aliphatic carbocycles. The van der Waals surface area contributed by atoms with Gasteiger partial charge in [-0.15, -0.1) is 11.6 Å². The van der Waals surface area contributed by atoms with Gasteiger partial charge in [-0.1, -0.05) is 31.5 Å². The van der Waals surface area contributed by atoms with Gasteiger partial charge in [-0.05, 0) is 37.0 Å². The predicted octanol–water partition coefficient (Wildman–Crippen LogP) is 4.03. The third kappa shape index (κ3) is 4.18. The number of hydrogen-bond donors (Lipinski definition) is 1. The van der Waals surface area contributed by atoms with E-state index in [1.807, 2.05) is 13.0 Å². The average molecular weight is 288 g/mol. The monoisotopic (exact) mass is 287 g/mol. The van der Waals surface area contributed by atoms with Gasteiger partial charge in [0.05, 0.1) is 10.6 Å². The van der Waals surface area contributed by atoms with Crippen LogP contribution in [0.25, 0.3) is 0 Å². The van der Waals surface area contributed by atoms with Gasteiger partial charge in [-0.3, -0.25) is 4.79 Å². The standard InChI is InChI=1S/C14H19Cl2NO/c1-9(2)13(6-7-15)17-14(18)11-5-4-10(3)8-12(11)16/h4-5,8-9,13H,6-7H2,1-3H3,(H,17,18). The van der Waals surface area contributed by atoms with E-state index in [0.29, 0.717) is 22.4 Å². The fourth-order valence-electron chi connectivity index (χ4n) is 1.74. The van der Waals surface area contributed by atoms with E-state index in [4.69, 9.17) is 23.2 Å². The second-order valence-corrected chi connectivity index (χ2v) is 5.57. The maximum atomic E-state index is 12.1. The topological polar surface area (TPSA) is 29.1 Å². The summed E-state index contributed by atoms with van der Waals surface area (Å²) in [5.41, 5.74) is 1.56. The van der Waals surface area contributed by atoms with E-state index in [9.17, 15) is 4.79 Å². The van der Waals surface area contributed by atoms with E-state index >= 15 is 0 Å². The second kappa shape index (κ2) is 7.01. The Morgan fingerprint density at radius 2 is 2.06 bits per heavy atom. The lowest BCUT2D eigenvalue weighted by molar-refractivity contribution is 0.0925. The van der Waals surface area contributed by atoms with Crippen molar-refractivity contribution in [3.05, 3.63) is 34.3 Å². The number of amides is 1. The Kier molecular flexibility index (Phi) is 5.97. The molecule has 0 fully saturated rings. The van der Waals surface area contributed by atoms with Crippen molar-refractivity contribution in [1.29, 1.82) is 0 Å². The summed E-state index contributed by atoms with van der Waals surface area (Å²) in [5.74, 6) is 0.742. The van der Waals surface area contributed by atoms with Crippen LogP contribution in [0.2, 0.25) is 5.02 Å². The molecule has 2 nitrogen and oxygen atoms in total. The molecule has 0 aliphatic rings. The largest absolute Gasteiger partial charge is 0.349 e. The van der Waals surface area contributed by atoms with Gasteiger partial charge in [-0.2, -0.15) is 0 Å². The zero-order valence-electron chi connectivity index (χ0n) is 11.0. The summed E-state index contributed by atoms with van der Waals surface area (Å²) in [5, 5.41) is 3.47. The van der Waals surface area contributed by atoms with Crippen molar-refractivity contribution in [2.75, 3.05) is 5.88 Å². The number of benzene rings is 1. The first-order valence-electron chi connectivity index (χ1n) is 6.08. The minimum absolute atomic E-state index is 0.0763. The number of aryl methyl sites for hydroxylation is 1. The van der Waals surface area contributed by atoms with Crippen molar-refractivity contribution in [1.82, 2.24) is 5.32 Å². The highest BCUT2D eigenvalue weighted by atomic mass is 35.5. The number of hydrogen-bond acceptors (Lipinski definition) is 1. The number of carbonyl (C=O) groups excluding carboxylic acids is 1. The van der Waals surface area contributed by atoms with Crippen LogP contribution in [0.1, 0.15) is 36.2 Å². The van der Waals surface area contributed by atoms with Gasteiger partial charge in [0.2, 0.25) is 0 Å². The predicted molar refractivity (Wildman–Crippen MR) is 77.6 cm³/mol. The number of halogens is 2. The quantitative estimate of drug-likeness (QED) is 0.814. The van der Waals surface area contributed by atoms with Gasteiger partial charge >= 0.3 is 0 Å². The highest BCUT2D eigenvalue weighted by Gasteiger charge is 2.18. The molecule has 1 rings (SSSR count). The van der Waals surface area contributed by atoms with E-state index in [1.165, 1.54) is 0 Å². The molecule has 1 N–H and O–H groups in total. The summed E-state index contributed by atoms with van der Waals surface area (Å²) < 4.78 is 0. The summed E-state index contributed by atoms with van der Waals surface area (Å²) in [6, 6.07) is 5.51. The van der Waals surface area contributed by atoms with Crippen LogP contribution in [-0.4, -0.2) is 17.8 Å². The maximum Gasteiger partial charge on any atom is 0.253 e. The van der Waals surface area contributed by atoms with Crippen LogP contribution in [0.15, 0.2) is 18.2 Å². The Hall–Kier alpha value is -0.730.